The molecule has 1 atom stereocenters. The minimum absolute atomic E-state index is 0.0577. The fourth-order valence-electron chi connectivity index (χ4n) is 4.18. The van der Waals surface area contributed by atoms with E-state index in [1.54, 1.807) is 56.5 Å². The Morgan fingerprint density at radius 1 is 0.911 bits per heavy atom. The molecule has 0 aromatic heterocycles. The van der Waals surface area contributed by atoms with Crippen molar-refractivity contribution in [2.45, 2.75) is 31.0 Å². The number of nitrogens with one attached hydrogen (secondary N) is 2. The number of methoxy groups -OCH3 is 1. The second kappa shape index (κ2) is 15.1. The Morgan fingerprint density at radius 2 is 1.56 bits per heavy atom. The first kappa shape index (κ1) is 33.6. The molecule has 0 fully saturated rings. The van der Waals surface area contributed by atoms with Crippen molar-refractivity contribution in [2.75, 3.05) is 18.4 Å². The van der Waals surface area contributed by atoms with Crippen molar-refractivity contribution in [3.05, 3.63) is 118 Å². The predicted octanol–water partition coefficient (Wildman–Crippen LogP) is 6.05. The third kappa shape index (κ3) is 9.34. The lowest BCUT2D eigenvalue weighted by molar-refractivity contribution is -0.142. The Hall–Kier alpha value is -4.32. The highest BCUT2D eigenvalue weighted by molar-refractivity contribution is 7.92. The van der Waals surface area contributed by atoms with Gasteiger partial charge in [-0.2, -0.15) is 0 Å². The first-order valence-corrected chi connectivity index (χ1v) is 15.8. The zero-order chi connectivity index (χ0) is 32.6. The van der Waals surface area contributed by atoms with Gasteiger partial charge in [-0.25, -0.2) is 12.8 Å². The molecular formula is C32H30Cl2FN3O6S. The largest absolute Gasteiger partial charge is 0.497 e. The van der Waals surface area contributed by atoms with E-state index in [9.17, 15) is 22.4 Å². The molecule has 0 aliphatic heterocycles. The average Bonchev–Trinajstić information content (AvgIpc) is 3.03. The van der Waals surface area contributed by atoms with Crippen LogP contribution in [0, 0.1) is 5.82 Å². The van der Waals surface area contributed by atoms with Gasteiger partial charge in [0.2, 0.25) is 5.91 Å². The van der Waals surface area contributed by atoms with Crippen LogP contribution in [0.4, 0.5) is 10.1 Å². The van der Waals surface area contributed by atoms with Gasteiger partial charge in [0, 0.05) is 28.8 Å². The van der Waals surface area contributed by atoms with E-state index in [0.717, 1.165) is 17.7 Å². The highest BCUT2D eigenvalue weighted by Crippen LogP contribution is 2.22. The molecular weight excluding hydrogens is 644 g/mol. The van der Waals surface area contributed by atoms with Crippen molar-refractivity contribution in [1.29, 1.82) is 0 Å². The van der Waals surface area contributed by atoms with Crippen molar-refractivity contribution >= 4 is 50.7 Å². The molecule has 0 saturated heterocycles. The number of nitrogens with zero attached hydrogens (tertiary/aromatic N) is 1. The topological polar surface area (TPSA) is 114 Å². The van der Waals surface area contributed by atoms with Crippen LogP contribution in [-0.2, 0) is 32.7 Å². The maximum absolute atomic E-state index is 13.4. The summed E-state index contributed by atoms with van der Waals surface area (Å²) in [7, 11) is -2.40. The second-order valence-corrected chi connectivity index (χ2v) is 12.4. The van der Waals surface area contributed by atoms with Crippen molar-refractivity contribution in [3.63, 3.8) is 0 Å². The zero-order valence-electron chi connectivity index (χ0n) is 24.3. The summed E-state index contributed by atoms with van der Waals surface area (Å²) in [5.74, 6) is -0.500. The number of carbonyl (C=O) groups is 2. The number of anilines is 1. The third-order valence-corrected chi connectivity index (χ3v) is 8.72. The molecule has 2 amide bonds. The molecule has 13 heteroatoms. The number of benzene rings is 4. The molecule has 0 heterocycles. The molecule has 0 radical (unpaired) electrons. The van der Waals surface area contributed by atoms with Gasteiger partial charge in [-0.05, 0) is 90.8 Å². The van der Waals surface area contributed by atoms with Crippen LogP contribution in [0.5, 0.6) is 11.5 Å². The highest BCUT2D eigenvalue weighted by Gasteiger charge is 2.27. The van der Waals surface area contributed by atoms with E-state index < -0.39 is 40.3 Å². The Kier molecular flexibility index (Phi) is 11.3. The van der Waals surface area contributed by atoms with E-state index in [0.29, 0.717) is 21.4 Å². The fraction of sp³-hybridized carbons (Fsp3) is 0.188. The van der Waals surface area contributed by atoms with Gasteiger partial charge in [0.05, 0.1) is 12.0 Å². The molecule has 4 aromatic rings. The van der Waals surface area contributed by atoms with Crippen LogP contribution in [0.15, 0.2) is 95.9 Å². The van der Waals surface area contributed by atoms with Gasteiger partial charge >= 0.3 is 0 Å². The molecule has 236 valence electrons. The van der Waals surface area contributed by atoms with Gasteiger partial charge < -0.3 is 19.7 Å². The Morgan fingerprint density at radius 3 is 2.18 bits per heavy atom. The van der Waals surface area contributed by atoms with Crippen LogP contribution in [0.1, 0.15) is 18.1 Å². The van der Waals surface area contributed by atoms with Gasteiger partial charge in [-0.15, -0.1) is 0 Å². The predicted molar refractivity (Wildman–Crippen MR) is 170 cm³/mol. The average molecular weight is 675 g/mol. The minimum atomic E-state index is -3.95. The molecule has 0 saturated carbocycles. The smallest absolute Gasteiger partial charge is 0.261 e. The lowest BCUT2D eigenvalue weighted by Crippen LogP contribution is -2.48. The maximum Gasteiger partial charge on any atom is 0.261 e. The van der Waals surface area contributed by atoms with Crippen molar-refractivity contribution in [3.8, 4) is 11.5 Å². The summed E-state index contributed by atoms with van der Waals surface area (Å²) in [6.45, 7) is 1.42. The number of amides is 2. The molecule has 4 rings (SSSR count). The standard InChI is InChI=1S/C32H30Cl2FN3O6S/c1-21(32(40)36-18-23-5-6-24(33)17-30(23)34)38(19-22-3-11-27(43-2)12-4-22)31(39)20-44-28-13-15-29(16-14-28)45(41,42)37-26-9-7-25(35)8-10-26/h3-17,21,37H,18-20H2,1-2H3,(H,36,40)/t21-/m1/s1. The quantitative estimate of drug-likeness (QED) is 0.179. The fourth-order valence-corrected chi connectivity index (χ4v) is 5.71. The van der Waals surface area contributed by atoms with Gasteiger partial charge in [0.25, 0.3) is 15.9 Å². The molecule has 4 aromatic carbocycles. The van der Waals surface area contributed by atoms with Gasteiger partial charge in [0.1, 0.15) is 23.4 Å². The van der Waals surface area contributed by atoms with E-state index in [4.69, 9.17) is 32.7 Å². The number of carbonyl (C=O) groups excluding carboxylic acids is 2. The van der Waals surface area contributed by atoms with Crippen LogP contribution in [0.2, 0.25) is 10.0 Å². The highest BCUT2D eigenvalue weighted by atomic mass is 35.5. The number of rotatable bonds is 13. The maximum atomic E-state index is 13.4. The molecule has 0 aliphatic rings. The first-order valence-electron chi connectivity index (χ1n) is 13.6. The van der Waals surface area contributed by atoms with E-state index in [-0.39, 0.29) is 29.4 Å². The monoisotopic (exact) mass is 673 g/mol. The molecule has 2 N–H and O–H groups in total. The number of ether oxygens (including phenoxy) is 2. The second-order valence-electron chi connectivity index (χ2n) is 9.87. The van der Waals surface area contributed by atoms with Crippen LogP contribution >= 0.6 is 23.2 Å². The number of halogens is 3. The Labute approximate surface area is 270 Å². The van der Waals surface area contributed by atoms with Gasteiger partial charge in [0.15, 0.2) is 6.61 Å². The lowest BCUT2D eigenvalue weighted by Gasteiger charge is -2.29. The normalized spacial score (nSPS) is 11.8. The van der Waals surface area contributed by atoms with E-state index in [2.05, 4.69) is 10.0 Å². The number of hydrogen-bond donors (Lipinski definition) is 2. The summed E-state index contributed by atoms with van der Waals surface area (Å²) in [6.07, 6.45) is 0. The Balaban J connectivity index is 1.43. The van der Waals surface area contributed by atoms with Crippen molar-refractivity contribution < 1.29 is 31.9 Å². The molecule has 0 bridgehead atoms. The summed E-state index contributed by atoms with van der Waals surface area (Å²) in [5, 5.41) is 3.68. The third-order valence-electron chi connectivity index (χ3n) is 6.74. The van der Waals surface area contributed by atoms with E-state index in [1.165, 1.54) is 41.3 Å². The Bertz CT molecular complexity index is 1740. The van der Waals surface area contributed by atoms with Gasteiger partial charge in [-0.1, -0.05) is 41.4 Å². The van der Waals surface area contributed by atoms with Crippen LogP contribution in [-0.4, -0.2) is 44.9 Å². The molecule has 0 spiro atoms. The lowest BCUT2D eigenvalue weighted by atomic mass is 10.1. The van der Waals surface area contributed by atoms with Crippen LogP contribution in [0.25, 0.3) is 0 Å². The zero-order valence-corrected chi connectivity index (χ0v) is 26.6. The SMILES string of the molecule is COc1ccc(CN(C(=O)COc2ccc(S(=O)(=O)Nc3ccc(F)cc3)cc2)[C@H](C)C(=O)NCc2ccc(Cl)cc2Cl)cc1. The van der Waals surface area contributed by atoms with Crippen molar-refractivity contribution in [2.24, 2.45) is 0 Å². The number of hydrogen-bond acceptors (Lipinski definition) is 6. The first-order chi connectivity index (χ1) is 21.4. The van der Waals surface area contributed by atoms with Crippen LogP contribution < -0.4 is 19.5 Å². The van der Waals surface area contributed by atoms with E-state index in [1.807, 2.05) is 0 Å². The molecule has 45 heavy (non-hydrogen) atoms. The summed E-state index contributed by atoms with van der Waals surface area (Å²) in [4.78, 5) is 27.9. The molecule has 9 nitrogen and oxygen atoms in total. The van der Waals surface area contributed by atoms with Crippen molar-refractivity contribution in [1.82, 2.24) is 10.2 Å². The summed E-state index contributed by atoms with van der Waals surface area (Å²) in [5.41, 5.74) is 1.62. The molecule has 0 aliphatic carbocycles. The van der Waals surface area contributed by atoms with Gasteiger partial charge in [-0.3, -0.25) is 14.3 Å². The molecule has 0 unspecified atom stereocenters. The summed E-state index contributed by atoms with van der Waals surface area (Å²) >= 11 is 12.2. The summed E-state index contributed by atoms with van der Waals surface area (Å²) in [6, 6.07) is 21.5. The number of sulfonamides is 1. The summed E-state index contributed by atoms with van der Waals surface area (Å²) < 4.78 is 51.9. The van der Waals surface area contributed by atoms with Crippen LogP contribution in [0.3, 0.4) is 0 Å². The van der Waals surface area contributed by atoms with E-state index >= 15 is 0 Å². The minimum Gasteiger partial charge on any atom is -0.497 e.